The number of ether oxygens (including phenoxy) is 1. The van der Waals surface area contributed by atoms with Gasteiger partial charge in [0.25, 0.3) is 0 Å². The molecule has 0 spiro atoms. The minimum absolute atomic E-state index is 0.172. The zero-order valence-corrected chi connectivity index (χ0v) is 11.8. The van der Waals surface area contributed by atoms with Crippen molar-refractivity contribution in [1.82, 2.24) is 0 Å². The van der Waals surface area contributed by atoms with Crippen LogP contribution in [0.15, 0.2) is 60.7 Å². The first-order valence-corrected chi connectivity index (χ1v) is 6.61. The quantitative estimate of drug-likeness (QED) is 0.676. The summed E-state index contributed by atoms with van der Waals surface area (Å²) in [5.74, 6) is -0.753. The van der Waals surface area contributed by atoms with Gasteiger partial charge in [0.15, 0.2) is 5.78 Å². The average Bonchev–Trinajstić information content (AvgIpc) is 2.53. The third-order valence-electron chi connectivity index (χ3n) is 3.07. The zero-order valence-electron chi connectivity index (χ0n) is 11.8. The van der Waals surface area contributed by atoms with Crippen molar-refractivity contribution in [2.45, 2.75) is 12.5 Å². The first-order valence-electron chi connectivity index (χ1n) is 6.61. The lowest BCUT2D eigenvalue weighted by Crippen LogP contribution is -2.49. The summed E-state index contributed by atoms with van der Waals surface area (Å²) in [5, 5.41) is 0. The van der Waals surface area contributed by atoms with Gasteiger partial charge in [-0.15, -0.1) is 0 Å². The molecule has 2 aromatic carbocycles. The van der Waals surface area contributed by atoms with Crippen LogP contribution in [-0.4, -0.2) is 23.9 Å². The molecule has 4 heteroatoms. The van der Waals surface area contributed by atoms with E-state index in [-0.39, 0.29) is 12.4 Å². The molecule has 0 aliphatic carbocycles. The van der Waals surface area contributed by atoms with Gasteiger partial charge in [0.05, 0.1) is 5.56 Å². The van der Waals surface area contributed by atoms with Crippen molar-refractivity contribution < 1.29 is 14.3 Å². The van der Waals surface area contributed by atoms with E-state index in [0.29, 0.717) is 11.1 Å². The predicted octanol–water partition coefficient (Wildman–Crippen LogP) is 2.44. The lowest BCUT2D eigenvalue weighted by molar-refractivity contribution is 0.0410. The van der Waals surface area contributed by atoms with Gasteiger partial charge < -0.3 is 10.5 Å². The minimum Gasteiger partial charge on any atom is -0.460 e. The molecule has 0 bridgehead atoms. The predicted molar refractivity (Wildman–Crippen MR) is 80.1 cm³/mol. The third-order valence-corrected chi connectivity index (χ3v) is 3.07. The number of esters is 1. The van der Waals surface area contributed by atoms with E-state index < -0.39 is 11.5 Å². The van der Waals surface area contributed by atoms with Gasteiger partial charge in [0.1, 0.15) is 12.1 Å². The lowest BCUT2D eigenvalue weighted by Gasteiger charge is -2.22. The minimum atomic E-state index is -1.26. The Morgan fingerprint density at radius 1 is 0.952 bits per heavy atom. The smallest absolute Gasteiger partial charge is 0.338 e. The van der Waals surface area contributed by atoms with Crippen molar-refractivity contribution >= 4 is 11.8 Å². The molecule has 0 saturated carbocycles. The number of Topliss-reactive ketones (excluding diaryl/α,β-unsaturated/α-hetero) is 1. The number of carbonyl (C=O) groups excluding carboxylic acids is 2. The van der Waals surface area contributed by atoms with Gasteiger partial charge in [-0.25, -0.2) is 4.79 Å². The molecular weight excluding hydrogens is 266 g/mol. The molecule has 0 aromatic heterocycles. The molecule has 2 aromatic rings. The maximum Gasteiger partial charge on any atom is 0.338 e. The largest absolute Gasteiger partial charge is 0.460 e. The van der Waals surface area contributed by atoms with Crippen LogP contribution < -0.4 is 5.73 Å². The second-order valence-corrected chi connectivity index (χ2v) is 5.05. The fourth-order valence-electron chi connectivity index (χ4n) is 1.86. The highest BCUT2D eigenvalue weighted by Gasteiger charge is 2.31. The van der Waals surface area contributed by atoms with Gasteiger partial charge in [-0.05, 0) is 19.1 Å². The average molecular weight is 283 g/mol. The van der Waals surface area contributed by atoms with Crippen LogP contribution in [0.3, 0.4) is 0 Å². The van der Waals surface area contributed by atoms with E-state index in [4.69, 9.17) is 10.5 Å². The maximum atomic E-state index is 12.3. The summed E-state index contributed by atoms with van der Waals surface area (Å²) in [6.07, 6.45) is 0. The summed E-state index contributed by atoms with van der Waals surface area (Å²) >= 11 is 0. The molecule has 108 valence electrons. The highest BCUT2D eigenvalue weighted by molar-refractivity contribution is 6.03. The van der Waals surface area contributed by atoms with Crippen molar-refractivity contribution in [3.05, 3.63) is 71.8 Å². The molecular formula is C17H17NO3. The number of ketones is 1. The van der Waals surface area contributed by atoms with Gasteiger partial charge in [0.2, 0.25) is 0 Å². The van der Waals surface area contributed by atoms with E-state index in [9.17, 15) is 9.59 Å². The summed E-state index contributed by atoms with van der Waals surface area (Å²) in [7, 11) is 0. The molecule has 2 N–H and O–H groups in total. The van der Waals surface area contributed by atoms with Gasteiger partial charge >= 0.3 is 5.97 Å². The summed E-state index contributed by atoms with van der Waals surface area (Å²) in [5.41, 5.74) is 5.66. The van der Waals surface area contributed by atoms with Gasteiger partial charge in [0, 0.05) is 5.56 Å². The molecule has 2 rings (SSSR count). The number of nitrogens with two attached hydrogens (primary N) is 1. The fraction of sp³-hybridized carbons (Fsp3) is 0.176. The number of rotatable bonds is 5. The van der Waals surface area contributed by atoms with Crippen LogP contribution in [0.1, 0.15) is 27.6 Å². The van der Waals surface area contributed by atoms with E-state index in [1.807, 2.05) is 12.1 Å². The second-order valence-electron chi connectivity index (χ2n) is 5.05. The van der Waals surface area contributed by atoms with Crippen molar-refractivity contribution in [3.63, 3.8) is 0 Å². The van der Waals surface area contributed by atoms with Crippen molar-refractivity contribution in [2.75, 3.05) is 6.61 Å². The molecule has 0 aliphatic rings. The number of carbonyl (C=O) groups is 2. The Balaban J connectivity index is 2.01. The highest BCUT2D eigenvalue weighted by atomic mass is 16.5. The Kier molecular flexibility index (Phi) is 4.50. The van der Waals surface area contributed by atoms with Crippen LogP contribution in [0.4, 0.5) is 0 Å². The first-order chi connectivity index (χ1) is 10.0. The Bertz CT molecular complexity index is 621. The van der Waals surface area contributed by atoms with Crippen molar-refractivity contribution in [1.29, 1.82) is 0 Å². The maximum absolute atomic E-state index is 12.3. The van der Waals surface area contributed by atoms with Crippen molar-refractivity contribution in [2.24, 2.45) is 5.73 Å². The van der Waals surface area contributed by atoms with E-state index >= 15 is 0 Å². The molecule has 0 heterocycles. The second kappa shape index (κ2) is 6.33. The zero-order chi connectivity index (χ0) is 15.3. The topological polar surface area (TPSA) is 69.4 Å². The lowest BCUT2D eigenvalue weighted by atomic mass is 9.93. The summed E-state index contributed by atoms with van der Waals surface area (Å²) < 4.78 is 5.15. The van der Waals surface area contributed by atoms with Crippen LogP contribution in [0, 0.1) is 0 Å². The molecule has 4 nitrogen and oxygen atoms in total. The molecule has 0 aliphatic heterocycles. The van der Waals surface area contributed by atoms with Gasteiger partial charge in [-0.2, -0.15) is 0 Å². The van der Waals surface area contributed by atoms with Crippen LogP contribution in [0.2, 0.25) is 0 Å². The fourth-order valence-corrected chi connectivity index (χ4v) is 1.86. The standard InChI is InChI=1S/C17H17NO3/c1-17(18,15(19)13-8-4-2-5-9-13)12-21-16(20)14-10-6-3-7-11-14/h2-11H,12,18H2,1H3. The summed E-state index contributed by atoms with van der Waals surface area (Å²) in [4.78, 5) is 24.2. The van der Waals surface area contributed by atoms with Crippen LogP contribution >= 0.6 is 0 Å². The Morgan fingerprint density at radius 3 is 1.95 bits per heavy atom. The molecule has 0 amide bonds. The Labute approximate surface area is 123 Å². The molecule has 0 saturated heterocycles. The van der Waals surface area contributed by atoms with Crippen molar-refractivity contribution in [3.8, 4) is 0 Å². The summed E-state index contributed by atoms with van der Waals surface area (Å²) in [6, 6.07) is 17.3. The van der Waals surface area contributed by atoms with E-state index in [2.05, 4.69) is 0 Å². The molecule has 1 atom stereocenters. The number of benzene rings is 2. The Morgan fingerprint density at radius 2 is 1.43 bits per heavy atom. The third kappa shape index (κ3) is 3.77. The monoisotopic (exact) mass is 283 g/mol. The molecule has 1 unspecified atom stereocenters. The number of hydrogen-bond donors (Lipinski definition) is 1. The Hall–Kier alpha value is -2.46. The van der Waals surface area contributed by atoms with Crippen LogP contribution in [0.5, 0.6) is 0 Å². The van der Waals surface area contributed by atoms with Crippen LogP contribution in [-0.2, 0) is 4.74 Å². The first kappa shape index (κ1) is 14.9. The van der Waals surface area contributed by atoms with Gasteiger partial charge in [-0.1, -0.05) is 48.5 Å². The highest BCUT2D eigenvalue weighted by Crippen LogP contribution is 2.12. The van der Waals surface area contributed by atoms with Gasteiger partial charge in [-0.3, -0.25) is 4.79 Å². The SMILES string of the molecule is CC(N)(COC(=O)c1ccccc1)C(=O)c1ccccc1. The van der Waals surface area contributed by atoms with E-state index in [0.717, 1.165) is 0 Å². The molecule has 21 heavy (non-hydrogen) atoms. The van der Waals surface area contributed by atoms with E-state index in [1.165, 1.54) is 0 Å². The van der Waals surface area contributed by atoms with E-state index in [1.54, 1.807) is 55.5 Å². The summed E-state index contributed by atoms with van der Waals surface area (Å²) in [6.45, 7) is 1.38. The molecule has 0 fully saturated rings. The molecule has 0 radical (unpaired) electrons. The number of hydrogen-bond acceptors (Lipinski definition) is 4. The normalized spacial score (nSPS) is 13.2. The van der Waals surface area contributed by atoms with Crippen LogP contribution in [0.25, 0.3) is 0 Å².